The van der Waals surface area contributed by atoms with Crippen LogP contribution in [0.15, 0.2) is 47.1 Å². The van der Waals surface area contributed by atoms with Crippen LogP contribution in [0.2, 0.25) is 0 Å². The van der Waals surface area contributed by atoms with E-state index < -0.39 is 5.97 Å². The Morgan fingerprint density at radius 1 is 0.960 bits per heavy atom. The summed E-state index contributed by atoms with van der Waals surface area (Å²) in [5, 5.41) is 0. The van der Waals surface area contributed by atoms with Gasteiger partial charge in [-0.1, -0.05) is 23.3 Å². The Morgan fingerprint density at radius 3 is 2.28 bits per heavy atom. The number of carbonyl (C=O) groups excluding carboxylic acids is 1. The van der Waals surface area contributed by atoms with Gasteiger partial charge in [-0.05, 0) is 49.8 Å². The van der Waals surface area contributed by atoms with Crippen molar-refractivity contribution in [2.75, 3.05) is 14.2 Å². The van der Waals surface area contributed by atoms with Crippen LogP contribution in [-0.4, -0.2) is 26.1 Å². The zero-order valence-electron chi connectivity index (χ0n) is 14.6. The van der Waals surface area contributed by atoms with Crippen molar-refractivity contribution in [2.45, 2.75) is 13.8 Å². The van der Waals surface area contributed by atoms with E-state index in [0.29, 0.717) is 17.4 Å². The molecule has 5 heteroatoms. The van der Waals surface area contributed by atoms with Crippen LogP contribution in [0, 0.1) is 13.8 Å². The molecule has 0 unspecified atom stereocenters. The quantitative estimate of drug-likeness (QED) is 0.631. The molecule has 0 bridgehead atoms. The number of esters is 1. The van der Waals surface area contributed by atoms with E-state index in [9.17, 15) is 4.79 Å². The molecule has 25 heavy (non-hydrogen) atoms. The maximum absolute atomic E-state index is 12.1. The first-order chi connectivity index (χ1) is 12.0. The van der Waals surface area contributed by atoms with Crippen LogP contribution < -0.4 is 9.47 Å². The summed E-state index contributed by atoms with van der Waals surface area (Å²) in [4.78, 5) is 16.5. The normalized spacial score (nSPS) is 15.1. The second kappa shape index (κ2) is 6.81. The van der Waals surface area contributed by atoms with E-state index in [1.54, 1.807) is 32.4 Å². The molecule has 0 aliphatic carbocycles. The van der Waals surface area contributed by atoms with Gasteiger partial charge in [-0.3, -0.25) is 0 Å². The minimum atomic E-state index is -0.469. The van der Waals surface area contributed by atoms with Gasteiger partial charge in [0.15, 0.2) is 17.2 Å². The molecule has 0 spiro atoms. The second-order valence-corrected chi connectivity index (χ2v) is 5.83. The van der Waals surface area contributed by atoms with E-state index in [-0.39, 0.29) is 5.70 Å². The molecule has 0 fully saturated rings. The number of aliphatic imine (C=N–C) groups is 1. The molecular formula is C20H19NO4. The third kappa shape index (κ3) is 3.55. The topological polar surface area (TPSA) is 57.1 Å². The maximum atomic E-state index is 12.1. The molecule has 0 N–H and O–H groups in total. The number of cyclic esters (lactones) is 1. The summed E-state index contributed by atoms with van der Waals surface area (Å²) in [6.07, 6.45) is 1.67. The largest absolute Gasteiger partial charge is 0.493 e. The SMILES string of the molecule is COc1ccc(/C=C2/N=C(c3cc(C)cc(C)c3)OC2=O)cc1OC. The Morgan fingerprint density at radius 2 is 1.64 bits per heavy atom. The standard InChI is InChI=1S/C20H19NO4/c1-12-7-13(2)9-15(8-12)19-21-16(20(22)25-19)10-14-5-6-17(23-3)18(11-14)24-4/h5-11H,1-4H3/b16-10+. The lowest BCUT2D eigenvalue weighted by atomic mass is 10.1. The van der Waals surface area contributed by atoms with Crippen molar-refractivity contribution in [3.8, 4) is 11.5 Å². The van der Waals surface area contributed by atoms with Gasteiger partial charge < -0.3 is 14.2 Å². The molecule has 0 amide bonds. The lowest BCUT2D eigenvalue weighted by Gasteiger charge is -2.07. The van der Waals surface area contributed by atoms with Crippen molar-refractivity contribution in [1.82, 2.24) is 0 Å². The Hall–Kier alpha value is -3.08. The fourth-order valence-electron chi connectivity index (χ4n) is 2.73. The molecule has 0 saturated carbocycles. The number of aryl methyl sites for hydroxylation is 2. The van der Waals surface area contributed by atoms with Crippen LogP contribution in [0.25, 0.3) is 6.08 Å². The highest BCUT2D eigenvalue weighted by Gasteiger charge is 2.24. The van der Waals surface area contributed by atoms with Crippen LogP contribution in [0.3, 0.4) is 0 Å². The predicted molar refractivity (Wildman–Crippen MR) is 96.1 cm³/mol. The van der Waals surface area contributed by atoms with Gasteiger partial charge in [0.2, 0.25) is 5.90 Å². The van der Waals surface area contributed by atoms with Crippen molar-refractivity contribution in [3.63, 3.8) is 0 Å². The highest BCUT2D eigenvalue weighted by atomic mass is 16.6. The minimum Gasteiger partial charge on any atom is -0.493 e. The van der Waals surface area contributed by atoms with Crippen LogP contribution in [0.1, 0.15) is 22.3 Å². The van der Waals surface area contributed by atoms with Crippen molar-refractivity contribution in [1.29, 1.82) is 0 Å². The summed E-state index contributed by atoms with van der Waals surface area (Å²) in [6.45, 7) is 3.99. The molecule has 0 saturated heterocycles. The maximum Gasteiger partial charge on any atom is 0.363 e. The summed E-state index contributed by atoms with van der Waals surface area (Å²) in [6, 6.07) is 11.3. The molecule has 5 nitrogen and oxygen atoms in total. The number of hydrogen-bond acceptors (Lipinski definition) is 5. The van der Waals surface area contributed by atoms with E-state index in [1.165, 1.54) is 0 Å². The molecule has 1 aliphatic heterocycles. The number of hydrogen-bond donors (Lipinski definition) is 0. The van der Waals surface area contributed by atoms with Gasteiger partial charge >= 0.3 is 5.97 Å². The number of carbonyl (C=O) groups is 1. The monoisotopic (exact) mass is 337 g/mol. The minimum absolute atomic E-state index is 0.251. The van der Waals surface area contributed by atoms with Crippen molar-refractivity contribution >= 4 is 17.9 Å². The Kier molecular flexibility index (Phi) is 4.57. The average molecular weight is 337 g/mol. The summed E-state index contributed by atoms with van der Waals surface area (Å²) < 4.78 is 15.8. The van der Waals surface area contributed by atoms with Gasteiger partial charge in [0.25, 0.3) is 0 Å². The van der Waals surface area contributed by atoms with Crippen LogP contribution >= 0.6 is 0 Å². The van der Waals surface area contributed by atoms with Gasteiger partial charge in [-0.25, -0.2) is 9.79 Å². The highest BCUT2D eigenvalue weighted by molar-refractivity contribution is 6.13. The molecule has 0 atom stereocenters. The van der Waals surface area contributed by atoms with Crippen LogP contribution in [-0.2, 0) is 9.53 Å². The second-order valence-electron chi connectivity index (χ2n) is 5.83. The lowest BCUT2D eigenvalue weighted by Crippen LogP contribution is -2.06. The Bertz CT molecular complexity index is 876. The molecule has 0 radical (unpaired) electrons. The third-order valence-electron chi connectivity index (χ3n) is 3.80. The molecular weight excluding hydrogens is 318 g/mol. The molecule has 0 aromatic heterocycles. The third-order valence-corrected chi connectivity index (χ3v) is 3.80. The summed E-state index contributed by atoms with van der Waals surface area (Å²) >= 11 is 0. The smallest absolute Gasteiger partial charge is 0.363 e. The Balaban J connectivity index is 1.96. The molecule has 1 heterocycles. The number of rotatable bonds is 4. The first-order valence-corrected chi connectivity index (χ1v) is 7.83. The highest BCUT2D eigenvalue weighted by Crippen LogP contribution is 2.29. The zero-order valence-corrected chi connectivity index (χ0v) is 14.6. The summed E-state index contributed by atoms with van der Waals surface area (Å²) in [5.41, 5.74) is 4.00. The molecule has 3 rings (SSSR count). The van der Waals surface area contributed by atoms with E-state index in [1.807, 2.05) is 32.0 Å². The molecule has 2 aromatic carbocycles. The van der Waals surface area contributed by atoms with Gasteiger partial charge in [-0.15, -0.1) is 0 Å². The van der Waals surface area contributed by atoms with Crippen LogP contribution in [0.4, 0.5) is 0 Å². The van der Waals surface area contributed by atoms with Crippen molar-refractivity contribution in [2.24, 2.45) is 4.99 Å². The van der Waals surface area contributed by atoms with E-state index in [0.717, 1.165) is 22.3 Å². The first kappa shape index (κ1) is 16.8. The van der Waals surface area contributed by atoms with Gasteiger partial charge in [0, 0.05) is 5.56 Å². The van der Waals surface area contributed by atoms with Gasteiger partial charge in [0.05, 0.1) is 14.2 Å². The predicted octanol–water partition coefficient (Wildman–Crippen LogP) is 3.67. The average Bonchev–Trinajstić information content (AvgIpc) is 2.94. The molecule has 2 aromatic rings. The lowest BCUT2D eigenvalue weighted by molar-refractivity contribution is -0.129. The number of benzene rings is 2. The van der Waals surface area contributed by atoms with Crippen molar-refractivity contribution in [3.05, 3.63) is 64.3 Å². The molecule has 128 valence electrons. The van der Waals surface area contributed by atoms with Crippen molar-refractivity contribution < 1.29 is 19.0 Å². The number of nitrogens with zero attached hydrogens (tertiary/aromatic N) is 1. The zero-order chi connectivity index (χ0) is 18.0. The van der Waals surface area contributed by atoms with E-state index in [2.05, 4.69) is 11.1 Å². The van der Waals surface area contributed by atoms with Gasteiger partial charge in [-0.2, -0.15) is 0 Å². The fraction of sp³-hybridized carbons (Fsp3) is 0.200. The molecule has 1 aliphatic rings. The summed E-state index contributed by atoms with van der Waals surface area (Å²) in [5.74, 6) is 1.06. The first-order valence-electron chi connectivity index (χ1n) is 7.83. The summed E-state index contributed by atoms with van der Waals surface area (Å²) in [7, 11) is 3.14. The fourth-order valence-corrected chi connectivity index (χ4v) is 2.73. The number of ether oxygens (including phenoxy) is 3. The van der Waals surface area contributed by atoms with Gasteiger partial charge in [0.1, 0.15) is 0 Å². The van der Waals surface area contributed by atoms with E-state index in [4.69, 9.17) is 14.2 Å². The van der Waals surface area contributed by atoms with Crippen LogP contribution in [0.5, 0.6) is 11.5 Å². The number of methoxy groups -OCH3 is 2. The Labute approximate surface area is 146 Å². The van der Waals surface area contributed by atoms with E-state index >= 15 is 0 Å².